The molecule has 0 saturated carbocycles. The van der Waals surface area contributed by atoms with Crippen molar-refractivity contribution in [3.05, 3.63) is 71.8 Å². The average Bonchev–Trinajstić information content (AvgIpc) is 2.62. The zero-order valence-electron chi connectivity index (χ0n) is 14.3. The van der Waals surface area contributed by atoms with Gasteiger partial charge in [0, 0.05) is 18.9 Å². The third-order valence-corrected chi connectivity index (χ3v) is 4.84. The summed E-state index contributed by atoms with van der Waals surface area (Å²) in [6, 6.07) is 20.8. The molecule has 0 aromatic heterocycles. The molecule has 1 aliphatic rings. The predicted molar refractivity (Wildman–Crippen MR) is 95.5 cm³/mol. The van der Waals surface area contributed by atoms with Crippen molar-refractivity contribution in [1.82, 2.24) is 5.32 Å². The second kappa shape index (κ2) is 7.63. The van der Waals surface area contributed by atoms with Gasteiger partial charge in [0.2, 0.25) is 5.91 Å². The number of carbonyl (C=O) groups is 1. The van der Waals surface area contributed by atoms with Crippen LogP contribution in [0.2, 0.25) is 0 Å². The van der Waals surface area contributed by atoms with Crippen LogP contribution >= 0.6 is 0 Å². The highest BCUT2D eigenvalue weighted by molar-refractivity contribution is 5.73. The normalized spacial score (nSPS) is 26.8. The number of ether oxygens (including phenoxy) is 1. The number of amides is 1. The lowest BCUT2D eigenvalue weighted by molar-refractivity contribution is -0.127. The van der Waals surface area contributed by atoms with Crippen molar-refractivity contribution in [1.29, 1.82) is 0 Å². The molecule has 0 unspecified atom stereocenters. The Morgan fingerprint density at radius 1 is 1.04 bits per heavy atom. The van der Waals surface area contributed by atoms with Crippen LogP contribution in [-0.2, 0) is 9.53 Å². The zero-order valence-corrected chi connectivity index (χ0v) is 14.3. The first-order valence-corrected chi connectivity index (χ1v) is 8.71. The molecule has 4 atom stereocenters. The second-order valence-electron chi connectivity index (χ2n) is 6.48. The summed E-state index contributed by atoms with van der Waals surface area (Å²) in [6.07, 6.45) is 1.76. The summed E-state index contributed by atoms with van der Waals surface area (Å²) in [5.74, 6) is 0.301. The van der Waals surface area contributed by atoms with Gasteiger partial charge in [0.25, 0.3) is 0 Å². The SMILES string of the molecule is CC[C@@H]1[C@H](NC(C)=O)C[C@@H](c2ccccc2)O[C@H]1c1ccccc1. The van der Waals surface area contributed by atoms with Crippen LogP contribution in [0, 0.1) is 5.92 Å². The van der Waals surface area contributed by atoms with Crippen molar-refractivity contribution >= 4 is 5.91 Å². The molecule has 2 aromatic rings. The van der Waals surface area contributed by atoms with E-state index < -0.39 is 0 Å². The van der Waals surface area contributed by atoms with Gasteiger partial charge < -0.3 is 10.1 Å². The van der Waals surface area contributed by atoms with Crippen molar-refractivity contribution in [3.8, 4) is 0 Å². The Labute approximate surface area is 144 Å². The molecular weight excluding hydrogens is 298 g/mol. The van der Waals surface area contributed by atoms with E-state index in [4.69, 9.17) is 4.74 Å². The van der Waals surface area contributed by atoms with E-state index in [1.54, 1.807) is 6.92 Å². The van der Waals surface area contributed by atoms with Crippen molar-refractivity contribution in [2.45, 2.75) is 44.9 Å². The van der Waals surface area contributed by atoms with Gasteiger partial charge in [-0.2, -0.15) is 0 Å². The Morgan fingerprint density at radius 2 is 1.62 bits per heavy atom. The number of benzene rings is 2. The predicted octanol–water partition coefficient (Wildman–Crippen LogP) is 4.42. The van der Waals surface area contributed by atoms with Gasteiger partial charge in [-0.1, -0.05) is 67.6 Å². The maximum absolute atomic E-state index is 11.7. The van der Waals surface area contributed by atoms with E-state index in [0.717, 1.165) is 12.8 Å². The van der Waals surface area contributed by atoms with Crippen LogP contribution in [0.15, 0.2) is 60.7 Å². The summed E-state index contributed by atoms with van der Waals surface area (Å²) in [5.41, 5.74) is 2.35. The Bertz CT molecular complexity index is 656. The molecule has 0 spiro atoms. The number of carbonyl (C=O) groups excluding carboxylic acids is 1. The fourth-order valence-electron chi connectivity index (χ4n) is 3.73. The molecule has 1 fully saturated rings. The molecule has 1 amide bonds. The van der Waals surface area contributed by atoms with Gasteiger partial charge >= 0.3 is 0 Å². The highest BCUT2D eigenvalue weighted by Crippen LogP contribution is 2.43. The Hall–Kier alpha value is -2.13. The molecule has 3 rings (SSSR count). The summed E-state index contributed by atoms with van der Waals surface area (Å²) >= 11 is 0. The molecule has 3 heteroatoms. The highest BCUT2D eigenvalue weighted by atomic mass is 16.5. The summed E-state index contributed by atoms with van der Waals surface area (Å²) in [7, 11) is 0. The van der Waals surface area contributed by atoms with Crippen molar-refractivity contribution in [2.24, 2.45) is 5.92 Å². The van der Waals surface area contributed by atoms with E-state index in [-0.39, 0.29) is 30.1 Å². The number of nitrogens with one attached hydrogen (secondary N) is 1. The first kappa shape index (κ1) is 16.7. The smallest absolute Gasteiger partial charge is 0.217 e. The minimum absolute atomic E-state index is 0.00365. The Morgan fingerprint density at radius 3 is 2.17 bits per heavy atom. The van der Waals surface area contributed by atoms with Gasteiger partial charge in [0.05, 0.1) is 12.2 Å². The van der Waals surface area contributed by atoms with E-state index in [0.29, 0.717) is 0 Å². The lowest BCUT2D eigenvalue weighted by Gasteiger charge is -2.42. The number of rotatable bonds is 4. The van der Waals surface area contributed by atoms with Gasteiger partial charge in [0.15, 0.2) is 0 Å². The van der Waals surface area contributed by atoms with E-state index >= 15 is 0 Å². The van der Waals surface area contributed by atoms with E-state index in [9.17, 15) is 4.79 Å². The largest absolute Gasteiger partial charge is 0.365 e. The Balaban J connectivity index is 1.93. The van der Waals surface area contributed by atoms with Crippen LogP contribution in [0.5, 0.6) is 0 Å². The molecule has 24 heavy (non-hydrogen) atoms. The van der Waals surface area contributed by atoms with Gasteiger partial charge in [0.1, 0.15) is 0 Å². The first-order valence-electron chi connectivity index (χ1n) is 8.71. The lowest BCUT2D eigenvalue weighted by atomic mass is 9.80. The van der Waals surface area contributed by atoms with Crippen molar-refractivity contribution < 1.29 is 9.53 Å². The molecule has 1 heterocycles. The van der Waals surface area contributed by atoms with Crippen molar-refractivity contribution in [2.75, 3.05) is 0 Å². The van der Waals surface area contributed by atoms with E-state index in [1.165, 1.54) is 11.1 Å². The molecule has 126 valence electrons. The van der Waals surface area contributed by atoms with Crippen LogP contribution in [0.4, 0.5) is 0 Å². The van der Waals surface area contributed by atoms with Gasteiger partial charge in [-0.3, -0.25) is 4.79 Å². The average molecular weight is 323 g/mol. The fraction of sp³-hybridized carbons (Fsp3) is 0.381. The molecule has 1 N–H and O–H groups in total. The van der Waals surface area contributed by atoms with Crippen LogP contribution in [0.25, 0.3) is 0 Å². The minimum Gasteiger partial charge on any atom is -0.365 e. The van der Waals surface area contributed by atoms with Crippen LogP contribution in [0.1, 0.15) is 50.0 Å². The van der Waals surface area contributed by atoms with Crippen LogP contribution in [-0.4, -0.2) is 11.9 Å². The maximum Gasteiger partial charge on any atom is 0.217 e. The molecule has 3 nitrogen and oxygen atoms in total. The highest BCUT2D eigenvalue weighted by Gasteiger charge is 2.39. The van der Waals surface area contributed by atoms with Crippen molar-refractivity contribution in [3.63, 3.8) is 0 Å². The first-order chi connectivity index (χ1) is 11.7. The molecule has 1 aliphatic heterocycles. The third-order valence-electron chi connectivity index (χ3n) is 4.84. The minimum atomic E-state index is -0.00740. The maximum atomic E-state index is 11.7. The molecule has 0 bridgehead atoms. The van der Waals surface area contributed by atoms with Gasteiger partial charge in [-0.15, -0.1) is 0 Å². The van der Waals surface area contributed by atoms with Crippen LogP contribution < -0.4 is 5.32 Å². The third kappa shape index (κ3) is 3.68. The second-order valence-corrected chi connectivity index (χ2v) is 6.48. The number of hydrogen-bond donors (Lipinski definition) is 1. The summed E-state index contributed by atoms with van der Waals surface area (Å²) in [5, 5.41) is 3.16. The monoisotopic (exact) mass is 323 g/mol. The molecule has 0 radical (unpaired) electrons. The Kier molecular flexibility index (Phi) is 5.31. The van der Waals surface area contributed by atoms with E-state index in [1.807, 2.05) is 36.4 Å². The summed E-state index contributed by atoms with van der Waals surface area (Å²) < 4.78 is 6.52. The lowest BCUT2D eigenvalue weighted by Crippen LogP contribution is -2.46. The quantitative estimate of drug-likeness (QED) is 0.904. The molecular formula is C21H25NO2. The number of hydrogen-bond acceptors (Lipinski definition) is 2. The summed E-state index contributed by atoms with van der Waals surface area (Å²) in [4.78, 5) is 11.7. The van der Waals surface area contributed by atoms with E-state index in [2.05, 4.69) is 36.5 Å². The van der Waals surface area contributed by atoms with Gasteiger partial charge in [-0.25, -0.2) is 0 Å². The van der Waals surface area contributed by atoms with Gasteiger partial charge in [-0.05, 0) is 24.0 Å². The summed E-state index contributed by atoms with van der Waals surface area (Å²) in [6.45, 7) is 3.76. The van der Waals surface area contributed by atoms with Crippen LogP contribution in [0.3, 0.4) is 0 Å². The zero-order chi connectivity index (χ0) is 16.9. The fourth-order valence-corrected chi connectivity index (χ4v) is 3.73. The molecule has 0 aliphatic carbocycles. The standard InChI is InChI=1S/C21H25NO2/c1-3-18-19(22-15(2)23)14-20(16-10-6-4-7-11-16)24-21(18)17-12-8-5-9-13-17/h4-13,18-21H,3,14H2,1-2H3,(H,22,23)/t18-,19-,20+,21+/m1/s1. The molecule has 2 aromatic carbocycles. The molecule has 1 saturated heterocycles. The topological polar surface area (TPSA) is 38.3 Å².